The van der Waals surface area contributed by atoms with Crippen LogP contribution in [-0.4, -0.2) is 32.1 Å². The molecule has 4 rings (SSSR count). The maximum atomic E-state index is 13.4. The number of aryl methyl sites for hydroxylation is 3. The minimum Gasteiger partial charge on any atom is -0.494 e. The predicted octanol–water partition coefficient (Wildman–Crippen LogP) is 4.50. The fraction of sp³-hybridized carbons (Fsp3) is 0.308. The maximum absolute atomic E-state index is 13.4. The summed E-state index contributed by atoms with van der Waals surface area (Å²) in [6.45, 7) is 10.1. The number of carbonyl (C=O) groups excluding carboxylic acids is 1. The SMILES string of the molecule is CCOc1ccc(NC(=O)[C@@H](CC)n2nc(C)c3c(C)n(-c4ccc(C)cc4)nc3c2=O)cc1. The van der Waals surface area contributed by atoms with Gasteiger partial charge in [0.2, 0.25) is 5.91 Å². The molecule has 0 unspecified atom stereocenters. The summed E-state index contributed by atoms with van der Waals surface area (Å²) in [5.74, 6) is 0.417. The Bertz CT molecular complexity index is 1390. The number of carbonyl (C=O) groups is 1. The van der Waals surface area contributed by atoms with Gasteiger partial charge in [0.1, 0.15) is 11.8 Å². The fourth-order valence-corrected chi connectivity index (χ4v) is 4.10. The molecule has 34 heavy (non-hydrogen) atoms. The van der Waals surface area contributed by atoms with Gasteiger partial charge in [-0.15, -0.1) is 0 Å². The van der Waals surface area contributed by atoms with E-state index in [0.717, 1.165) is 22.7 Å². The van der Waals surface area contributed by atoms with Gasteiger partial charge < -0.3 is 10.1 Å². The number of fused-ring (bicyclic) bond motifs is 1. The second kappa shape index (κ2) is 9.51. The molecule has 0 radical (unpaired) electrons. The molecule has 176 valence electrons. The summed E-state index contributed by atoms with van der Waals surface area (Å²) in [6, 6.07) is 14.3. The van der Waals surface area contributed by atoms with Crippen LogP contribution in [0, 0.1) is 20.8 Å². The standard InChI is InChI=1S/C26H29N5O3/c1-6-22(25(32)27-19-10-14-21(15-11-19)34-7-2)31-26(33)24-23(17(4)28-31)18(5)30(29-24)20-12-8-16(3)9-13-20/h8-15,22H,6-7H2,1-5H3,(H,27,32)/t22-/m1/s1. The molecule has 0 saturated carbocycles. The van der Waals surface area contributed by atoms with E-state index < -0.39 is 6.04 Å². The van der Waals surface area contributed by atoms with Crippen LogP contribution < -0.4 is 15.6 Å². The van der Waals surface area contributed by atoms with Gasteiger partial charge in [-0.05, 0) is 70.5 Å². The average molecular weight is 460 g/mol. The molecule has 0 spiro atoms. The largest absolute Gasteiger partial charge is 0.494 e. The van der Waals surface area contributed by atoms with Crippen molar-refractivity contribution in [2.24, 2.45) is 0 Å². The summed E-state index contributed by atoms with van der Waals surface area (Å²) in [7, 11) is 0. The minimum absolute atomic E-state index is 0.304. The predicted molar refractivity (Wildman–Crippen MR) is 133 cm³/mol. The van der Waals surface area contributed by atoms with Crippen LogP contribution in [0.4, 0.5) is 5.69 Å². The van der Waals surface area contributed by atoms with Crippen LogP contribution in [0.15, 0.2) is 53.3 Å². The van der Waals surface area contributed by atoms with E-state index in [9.17, 15) is 9.59 Å². The number of aromatic nitrogens is 4. The summed E-state index contributed by atoms with van der Waals surface area (Å²) in [5, 5.41) is 12.7. The number of hydrogen-bond acceptors (Lipinski definition) is 5. The third kappa shape index (κ3) is 4.31. The van der Waals surface area contributed by atoms with Gasteiger partial charge in [-0.2, -0.15) is 10.2 Å². The highest BCUT2D eigenvalue weighted by atomic mass is 16.5. The maximum Gasteiger partial charge on any atom is 0.295 e. The van der Waals surface area contributed by atoms with Gasteiger partial charge in [0.15, 0.2) is 5.52 Å². The van der Waals surface area contributed by atoms with Crippen molar-refractivity contribution >= 4 is 22.5 Å². The van der Waals surface area contributed by atoms with Gasteiger partial charge in [0.05, 0.1) is 29.1 Å². The van der Waals surface area contributed by atoms with Crippen molar-refractivity contribution in [2.45, 2.75) is 47.1 Å². The van der Waals surface area contributed by atoms with Crippen molar-refractivity contribution in [3.8, 4) is 11.4 Å². The summed E-state index contributed by atoms with van der Waals surface area (Å²) in [4.78, 5) is 26.5. The number of anilines is 1. The molecule has 8 heteroatoms. The highest BCUT2D eigenvalue weighted by Gasteiger charge is 2.25. The van der Waals surface area contributed by atoms with E-state index in [1.165, 1.54) is 4.68 Å². The van der Waals surface area contributed by atoms with Crippen molar-refractivity contribution in [1.29, 1.82) is 0 Å². The number of nitrogens with zero attached hydrogens (tertiary/aromatic N) is 4. The van der Waals surface area contributed by atoms with Gasteiger partial charge in [-0.25, -0.2) is 9.36 Å². The molecule has 0 saturated heterocycles. The Labute approximate surface area is 198 Å². The van der Waals surface area contributed by atoms with Crippen molar-refractivity contribution in [2.75, 3.05) is 11.9 Å². The lowest BCUT2D eigenvalue weighted by atomic mass is 10.1. The van der Waals surface area contributed by atoms with Crippen molar-refractivity contribution in [1.82, 2.24) is 19.6 Å². The molecule has 0 aliphatic carbocycles. The Kier molecular flexibility index (Phi) is 6.49. The molecule has 0 aliphatic rings. The lowest BCUT2D eigenvalue weighted by Gasteiger charge is -2.17. The molecule has 2 aromatic carbocycles. The highest BCUT2D eigenvalue weighted by Crippen LogP contribution is 2.23. The number of nitrogens with one attached hydrogen (secondary N) is 1. The van der Waals surface area contributed by atoms with E-state index in [0.29, 0.717) is 35.3 Å². The van der Waals surface area contributed by atoms with E-state index in [2.05, 4.69) is 15.5 Å². The van der Waals surface area contributed by atoms with Crippen LogP contribution >= 0.6 is 0 Å². The number of ether oxygens (including phenoxy) is 1. The lowest BCUT2D eigenvalue weighted by Crippen LogP contribution is -2.35. The quantitative estimate of drug-likeness (QED) is 0.440. The average Bonchev–Trinajstić information content (AvgIpc) is 3.17. The highest BCUT2D eigenvalue weighted by molar-refractivity contribution is 5.94. The normalized spacial score (nSPS) is 12.0. The van der Waals surface area contributed by atoms with Crippen LogP contribution in [0.3, 0.4) is 0 Å². The van der Waals surface area contributed by atoms with E-state index >= 15 is 0 Å². The molecule has 0 fully saturated rings. The molecule has 2 aromatic heterocycles. The summed E-state index contributed by atoms with van der Waals surface area (Å²) in [6.07, 6.45) is 0.401. The van der Waals surface area contributed by atoms with Crippen molar-refractivity contribution in [3.05, 3.63) is 75.8 Å². The minimum atomic E-state index is -0.771. The smallest absolute Gasteiger partial charge is 0.295 e. The number of benzene rings is 2. The van der Waals surface area contributed by atoms with Gasteiger partial charge in [0, 0.05) is 5.69 Å². The van der Waals surface area contributed by atoms with Gasteiger partial charge in [-0.3, -0.25) is 9.59 Å². The van der Waals surface area contributed by atoms with Crippen LogP contribution in [-0.2, 0) is 4.79 Å². The number of rotatable bonds is 7. The topological polar surface area (TPSA) is 91.0 Å². The van der Waals surface area contributed by atoms with Crippen LogP contribution in [0.5, 0.6) is 5.75 Å². The molecule has 2 heterocycles. The third-order valence-electron chi connectivity index (χ3n) is 5.84. The Morgan fingerprint density at radius 3 is 2.29 bits per heavy atom. The molecular weight excluding hydrogens is 430 g/mol. The molecule has 0 aliphatic heterocycles. The Morgan fingerprint density at radius 2 is 1.68 bits per heavy atom. The fourth-order valence-electron chi connectivity index (χ4n) is 4.10. The molecule has 8 nitrogen and oxygen atoms in total. The molecule has 1 N–H and O–H groups in total. The van der Waals surface area contributed by atoms with Gasteiger partial charge in [0.25, 0.3) is 5.56 Å². The summed E-state index contributed by atoms with van der Waals surface area (Å²) < 4.78 is 8.46. The molecule has 1 amide bonds. The van der Waals surface area contributed by atoms with E-state index in [4.69, 9.17) is 4.74 Å². The van der Waals surface area contributed by atoms with Crippen LogP contribution in [0.25, 0.3) is 16.6 Å². The first kappa shape index (κ1) is 23.2. The third-order valence-corrected chi connectivity index (χ3v) is 5.84. The zero-order valence-corrected chi connectivity index (χ0v) is 20.1. The van der Waals surface area contributed by atoms with E-state index in [1.807, 2.05) is 58.9 Å². The van der Waals surface area contributed by atoms with Crippen LogP contribution in [0.2, 0.25) is 0 Å². The monoisotopic (exact) mass is 459 g/mol. The molecule has 1 atom stereocenters. The second-order valence-corrected chi connectivity index (χ2v) is 8.26. The number of hydrogen-bond donors (Lipinski definition) is 1. The summed E-state index contributed by atoms with van der Waals surface area (Å²) >= 11 is 0. The zero-order valence-electron chi connectivity index (χ0n) is 20.1. The molecular formula is C26H29N5O3. The first-order chi connectivity index (χ1) is 16.3. The Balaban J connectivity index is 1.71. The molecule has 4 aromatic rings. The zero-order chi connectivity index (χ0) is 24.4. The van der Waals surface area contributed by atoms with E-state index in [-0.39, 0.29) is 11.5 Å². The van der Waals surface area contributed by atoms with Gasteiger partial charge >= 0.3 is 0 Å². The Hall–Kier alpha value is -3.94. The van der Waals surface area contributed by atoms with E-state index in [1.54, 1.807) is 28.9 Å². The lowest BCUT2D eigenvalue weighted by molar-refractivity contribution is -0.119. The van der Waals surface area contributed by atoms with Crippen molar-refractivity contribution < 1.29 is 9.53 Å². The molecule has 0 bridgehead atoms. The Morgan fingerprint density at radius 1 is 1.00 bits per heavy atom. The van der Waals surface area contributed by atoms with Crippen LogP contribution in [0.1, 0.15) is 43.3 Å². The first-order valence-corrected chi connectivity index (χ1v) is 11.4. The number of amides is 1. The van der Waals surface area contributed by atoms with Crippen molar-refractivity contribution in [3.63, 3.8) is 0 Å². The first-order valence-electron chi connectivity index (χ1n) is 11.4. The summed E-state index contributed by atoms with van der Waals surface area (Å²) in [5.41, 5.74) is 4.03. The second-order valence-electron chi connectivity index (χ2n) is 8.26. The van der Waals surface area contributed by atoms with Gasteiger partial charge in [-0.1, -0.05) is 24.6 Å².